The van der Waals surface area contributed by atoms with Crippen molar-refractivity contribution in [3.63, 3.8) is 0 Å². The van der Waals surface area contributed by atoms with Gasteiger partial charge in [0.15, 0.2) is 22.4 Å². The summed E-state index contributed by atoms with van der Waals surface area (Å²) in [5.74, 6) is -0.971. The molecule has 9 nitrogen and oxygen atoms in total. The van der Waals surface area contributed by atoms with Crippen molar-refractivity contribution in [2.75, 3.05) is 18.1 Å². The van der Waals surface area contributed by atoms with Crippen LogP contribution < -0.4 is 14.4 Å². The summed E-state index contributed by atoms with van der Waals surface area (Å²) in [6.07, 6.45) is 4.93. The van der Waals surface area contributed by atoms with Gasteiger partial charge in [-0.3, -0.25) is 18.9 Å². The van der Waals surface area contributed by atoms with Crippen molar-refractivity contribution in [3.05, 3.63) is 89.4 Å². The van der Waals surface area contributed by atoms with Crippen molar-refractivity contribution < 1.29 is 24.2 Å². The molecule has 1 fully saturated rings. The smallest absolute Gasteiger partial charge is 0.301 e. The second-order valence-corrected chi connectivity index (χ2v) is 9.07. The number of benzene rings is 1. The number of aryl methyl sites for hydroxylation is 1. The molecule has 1 atom stereocenters. The highest BCUT2D eigenvalue weighted by atomic mass is 32.1. The first-order valence-electron chi connectivity index (χ1n) is 11.6. The van der Waals surface area contributed by atoms with E-state index < -0.39 is 17.7 Å². The number of carbonyl (C=O) groups is 2. The summed E-state index contributed by atoms with van der Waals surface area (Å²) < 4.78 is 13.2. The second kappa shape index (κ2) is 9.90. The van der Waals surface area contributed by atoms with Crippen LogP contribution in [0.3, 0.4) is 0 Å². The third kappa shape index (κ3) is 4.15. The molecule has 0 radical (unpaired) electrons. The summed E-state index contributed by atoms with van der Waals surface area (Å²) in [6.45, 7) is 7.92. The number of hydrogen-bond acceptors (Lipinski definition) is 8. The van der Waals surface area contributed by atoms with E-state index in [0.29, 0.717) is 45.8 Å². The van der Waals surface area contributed by atoms with Gasteiger partial charge in [-0.1, -0.05) is 24.8 Å². The lowest BCUT2D eigenvalue weighted by molar-refractivity contribution is -0.132. The van der Waals surface area contributed by atoms with Gasteiger partial charge >= 0.3 is 5.91 Å². The van der Waals surface area contributed by atoms with Crippen LogP contribution in [0, 0.1) is 6.92 Å². The van der Waals surface area contributed by atoms with Crippen LogP contribution in [0.25, 0.3) is 11.4 Å². The number of carbonyl (C=O) groups excluding carboxylic acids is 2. The summed E-state index contributed by atoms with van der Waals surface area (Å²) in [7, 11) is 0. The number of fused-ring (bicyclic) bond motifs is 1. The van der Waals surface area contributed by atoms with Gasteiger partial charge in [0.25, 0.3) is 5.78 Å². The quantitative estimate of drug-likeness (QED) is 0.157. The Balaban J connectivity index is 1.74. The molecule has 0 bridgehead atoms. The average Bonchev–Trinajstić information content (AvgIpc) is 3.60. The van der Waals surface area contributed by atoms with Crippen molar-refractivity contribution in [1.29, 1.82) is 0 Å². The fourth-order valence-corrected chi connectivity index (χ4v) is 5.10. The summed E-state index contributed by atoms with van der Waals surface area (Å²) in [5, 5.41) is 13.7. The summed E-state index contributed by atoms with van der Waals surface area (Å²) in [4.78, 5) is 36.9. The second-order valence-electron chi connectivity index (χ2n) is 8.20. The number of Topliss-reactive ketones (excluding diaryl/α,β-unsaturated/α-hetero) is 1. The van der Waals surface area contributed by atoms with Crippen LogP contribution in [0.2, 0.25) is 0 Å². The molecule has 1 N–H and O–H groups in total. The van der Waals surface area contributed by atoms with E-state index in [1.807, 2.05) is 13.0 Å². The Morgan fingerprint density at radius 3 is 2.78 bits per heavy atom. The Morgan fingerprint density at radius 1 is 1.22 bits per heavy atom. The standard InChI is InChI=1S/C27H24N4O5S/c1-4-13-36-18-10-9-17(15-19(18)35-5-2)23-21(25(33)26(34)31(23)27-28-11-14-37-27)24(32)22-16(3)29-20-8-6-7-12-30(20)22/h4,6-12,14-15,23,32H,1,5,13H2,2-3H3/b24-21+. The van der Waals surface area contributed by atoms with Gasteiger partial charge in [0.1, 0.15) is 17.9 Å². The fraction of sp³-hybridized carbons (Fsp3) is 0.185. The lowest BCUT2D eigenvalue weighted by Crippen LogP contribution is -2.29. The minimum absolute atomic E-state index is 0.0591. The van der Waals surface area contributed by atoms with E-state index in [1.165, 1.54) is 16.2 Å². The number of pyridine rings is 1. The number of imidazole rings is 1. The van der Waals surface area contributed by atoms with E-state index in [4.69, 9.17) is 9.47 Å². The highest BCUT2D eigenvalue weighted by molar-refractivity contribution is 7.14. The number of hydrogen-bond donors (Lipinski definition) is 1. The summed E-state index contributed by atoms with van der Waals surface area (Å²) >= 11 is 1.22. The van der Waals surface area contributed by atoms with Crippen LogP contribution in [-0.2, 0) is 9.59 Å². The van der Waals surface area contributed by atoms with E-state index in [0.717, 1.165) is 0 Å². The predicted molar refractivity (Wildman–Crippen MR) is 140 cm³/mol. The number of aliphatic hydroxyl groups excluding tert-OH is 1. The van der Waals surface area contributed by atoms with Gasteiger partial charge in [-0.15, -0.1) is 11.3 Å². The number of amides is 1. The van der Waals surface area contributed by atoms with Gasteiger partial charge in [0.05, 0.1) is 23.9 Å². The van der Waals surface area contributed by atoms with E-state index in [9.17, 15) is 14.7 Å². The molecule has 1 unspecified atom stereocenters. The molecule has 5 rings (SSSR count). The minimum Gasteiger partial charge on any atom is -0.505 e. The zero-order chi connectivity index (χ0) is 26.1. The van der Waals surface area contributed by atoms with Gasteiger partial charge in [-0.05, 0) is 43.7 Å². The van der Waals surface area contributed by atoms with Gasteiger partial charge in [-0.25, -0.2) is 9.97 Å². The predicted octanol–water partition coefficient (Wildman–Crippen LogP) is 4.69. The van der Waals surface area contributed by atoms with Crippen molar-refractivity contribution in [2.45, 2.75) is 19.9 Å². The van der Waals surface area contributed by atoms with Gasteiger partial charge in [-0.2, -0.15) is 0 Å². The van der Waals surface area contributed by atoms with Crippen molar-refractivity contribution in [1.82, 2.24) is 14.4 Å². The average molecular weight is 517 g/mol. The Morgan fingerprint density at radius 2 is 2.05 bits per heavy atom. The van der Waals surface area contributed by atoms with Crippen LogP contribution in [0.5, 0.6) is 11.5 Å². The molecule has 3 aromatic heterocycles. The monoisotopic (exact) mass is 516 g/mol. The molecule has 4 aromatic rings. The van der Waals surface area contributed by atoms with E-state index in [-0.39, 0.29) is 17.9 Å². The number of aliphatic hydroxyl groups is 1. The SMILES string of the molecule is C=CCOc1ccc(C2/C(=C(\O)c3c(C)nc4ccccn34)C(=O)C(=O)N2c2nccs2)cc1OCC. The molecule has 0 saturated carbocycles. The molecular formula is C27H24N4O5S. The maximum Gasteiger partial charge on any atom is 0.301 e. The molecular weight excluding hydrogens is 492 g/mol. The molecule has 4 heterocycles. The largest absolute Gasteiger partial charge is 0.505 e. The molecule has 10 heteroatoms. The van der Waals surface area contributed by atoms with E-state index in [1.54, 1.807) is 65.5 Å². The molecule has 1 saturated heterocycles. The summed E-state index contributed by atoms with van der Waals surface area (Å²) in [6, 6.07) is 9.65. The van der Waals surface area contributed by atoms with E-state index in [2.05, 4.69) is 16.5 Å². The molecule has 37 heavy (non-hydrogen) atoms. The highest BCUT2D eigenvalue weighted by Gasteiger charge is 2.48. The third-order valence-electron chi connectivity index (χ3n) is 5.94. The molecule has 0 spiro atoms. The van der Waals surface area contributed by atoms with Crippen LogP contribution in [0.4, 0.5) is 5.13 Å². The third-order valence-corrected chi connectivity index (χ3v) is 6.71. The fourth-order valence-electron chi connectivity index (χ4n) is 4.44. The normalized spacial score (nSPS) is 16.9. The number of anilines is 1. The molecule has 188 valence electrons. The number of ketones is 1. The first kappa shape index (κ1) is 24.3. The topological polar surface area (TPSA) is 106 Å². The van der Waals surface area contributed by atoms with Crippen molar-refractivity contribution >= 4 is 39.6 Å². The van der Waals surface area contributed by atoms with Crippen molar-refractivity contribution in [3.8, 4) is 11.5 Å². The summed E-state index contributed by atoms with van der Waals surface area (Å²) in [5.41, 5.74) is 1.96. The number of nitrogens with zero attached hydrogens (tertiary/aromatic N) is 4. The van der Waals surface area contributed by atoms with Crippen LogP contribution in [0.1, 0.15) is 29.9 Å². The molecule has 0 aliphatic carbocycles. The van der Waals surface area contributed by atoms with Gasteiger partial charge in [0.2, 0.25) is 0 Å². The van der Waals surface area contributed by atoms with Gasteiger partial charge < -0.3 is 14.6 Å². The van der Waals surface area contributed by atoms with Gasteiger partial charge in [0, 0.05) is 17.8 Å². The Bertz CT molecular complexity index is 1540. The Kier molecular flexibility index (Phi) is 6.49. The number of thiazole rings is 1. The maximum atomic E-state index is 13.5. The highest BCUT2D eigenvalue weighted by Crippen LogP contribution is 2.45. The van der Waals surface area contributed by atoms with Crippen LogP contribution in [0.15, 0.2) is 72.4 Å². The zero-order valence-corrected chi connectivity index (χ0v) is 21.1. The number of ether oxygens (including phenoxy) is 2. The molecule has 1 aliphatic heterocycles. The molecule has 1 aromatic carbocycles. The van der Waals surface area contributed by atoms with E-state index >= 15 is 0 Å². The lowest BCUT2D eigenvalue weighted by atomic mass is 9.96. The van der Waals surface area contributed by atoms with Crippen LogP contribution in [-0.4, -0.2) is 44.4 Å². The maximum absolute atomic E-state index is 13.5. The first-order chi connectivity index (χ1) is 18.0. The molecule has 1 amide bonds. The number of rotatable bonds is 8. The zero-order valence-electron chi connectivity index (χ0n) is 20.2. The molecule has 1 aliphatic rings. The van der Waals surface area contributed by atoms with Crippen LogP contribution >= 0.6 is 11.3 Å². The Hall–Kier alpha value is -4.44. The Labute approximate surface area is 216 Å². The van der Waals surface area contributed by atoms with Crippen molar-refractivity contribution in [2.24, 2.45) is 0 Å². The lowest BCUT2D eigenvalue weighted by Gasteiger charge is -2.24. The first-order valence-corrected chi connectivity index (χ1v) is 12.5. The minimum atomic E-state index is -0.951. The number of aromatic nitrogens is 3.